The van der Waals surface area contributed by atoms with Crippen LogP contribution >= 0.6 is 0 Å². The highest BCUT2D eigenvalue weighted by molar-refractivity contribution is 5.89. The van der Waals surface area contributed by atoms with Crippen LogP contribution in [0.4, 0.5) is 19.3 Å². The molecule has 0 spiro atoms. The Morgan fingerprint density at radius 1 is 1.24 bits per heavy atom. The lowest BCUT2D eigenvalue weighted by atomic mass is 9.91. The summed E-state index contributed by atoms with van der Waals surface area (Å²) >= 11 is 0. The van der Waals surface area contributed by atoms with E-state index in [2.05, 4.69) is 5.32 Å². The van der Waals surface area contributed by atoms with Crippen LogP contribution in [0.3, 0.4) is 0 Å². The van der Waals surface area contributed by atoms with E-state index in [1.807, 2.05) is 6.92 Å². The highest BCUT2D eigenvalue weighted by Gasteiger charge is 2.31. The van der Waals surface area contributed by atoms with Crippen LogP contribution in [0.15, 0.2) is 18.2 Å². The Balaban J connectivity index is 2.06. The summed E-state index contributed by atoms with van der Waals surface area (Å²) in [5, 5.41) is 11.4. The summed E-state index contributed by atoms with van der Waals surface area (Å²) in [6.07, 6.45) is 0.508. The normalized spacial score (nSPS) is 22.0. The summed E-state index contributed by atoms with van der Waals surface area (Å²) in [5.41, 5.74) is 0.00241. The van der Waals surface area contributed by atoms with Crippen LogP contribution in [-0.4, -0.2) is 35.1 Å². The molecule has 0 saturated carbocycles. The van der Waals surface area contributed by atoms with Gasteiger partial charge >= 0.3 is 12.0 Å². The number of carbonyl (C=O) groups excluding carboxylic acids is 1. The van der Waals surface area contributed by atoms with Gasteiger partial charge in [0.05, 0.1) is 5.92 Å². The third kappa shape index (κ3) is 3.90. The molecule has 21 heavy (non-hydrogen) atoms. The lowest BCUT2D eigenvalue weighted by Gasteiger charge is -2.34. The van der Waals surface area contributed by atoms with Crippen molar-refractivity contribution in [1.82, 2.24) is 4.90 Å². The molecule has 7 heteroatoms. The summed E-state index contributed by atoms with van der Waals surface area (Å²) in [6, 6.07) is 2.16. The number of amides is 2. The number of hydrogen-bond donors (Lipinski definition) is 2. The van der Waals surface area contributed by atoms with Crippen LogP contribution in [0.1, 0.15) is 13.3 Å². The minimum atomic E-state index is -0.948. The van der Waals surface area contributed by atoms with Crippen LogP contribution in [0.5, 0.6) is 0 Å². The lowest BCUT2D eigenvalue weighted by Crippen LogP contribution is -2.47. The number of aliphatic carboxylic acids is 1. The van der Waals surface area contributed by atoms with Crippen molar-refractivity contribution in [3.63, 3.8) is 0 Å². The van der Waals surface area contributed by atoms with E-state index in [0.29, 0.717) is 19.0 Å². The van der Waals surface area contributed by atoms with Crippen LogP contribution in [-0.2, 0) is 4.79 Å². The van der Waals surface area contributed by atoms with Crippen molar-refractivity contribution in [2.24, 2.45) is 11.8 Å². The first-order valence-electron chi connectivity index (χ1n) is 6.60. The standard InChI is InChI=1S/C14H16F2N2O3/c1-8-2-9(13(19)20)7-18(6-8)14(21)17-12-4-10(15)3-11(16)5-12/h3-5,8-9H,2,6-7H2,1H3,(H,17,21)(H,19,20). The van der Waals surface area contributed by atoms with Gasteiger partial charge in [0.25, 0.3) is 0 Å². The number of urea groups is 1. The van der Waals surface area contributed by atoms with E-state index in [-0.39, 0.29) is 18.2 Å². The number of carboxylic acid groups (broad SMARTS) is 1. The van der Waals surface area contributed by atoms with E-state index < -0.39 is 29.6 Å². The summed E-state index contributed by atoms with van der Waals surface area (Å²) in [7, 11) is 0. The highest BCUT2D eigenvalue weighted by atomic mass is 19.1. The van der Waals surface area contributed by atoms with Gasteiger partial charge in [-0.15, -0.1) is 0 Å². The monoisotopic (exact) mass is 298 g/mol. The predicted molar refractivity (Wildman–Crippen MR) is 71.9 cm³/mol. The number of anilines is 1. The van der Waals surface area contributed by atoms with E-state index in [0.717, 1.165) is 12.1 Å². The summed E-state index contributed by atoms with van der Waals surface area (Å²) < 4.78 is 26.1. The maximum Gasteiger partial charge on any atom is 0.321 e. The van der Waals surface area contributed by atoms with Crippen molar-refractivity contribution in [3.8, 4) is 0 Å². The van der Waals surface area contributed by atoms with E-state index in [9.17, 15) is 18.4 Å². The molecule has 2 unspecified atom stereocenters. The third-order valence-electron chi connectivity index (χ3n) is 3.41. The number of halogens is 2. The number of carboxylic acids is 1. The molecule has 1 aromatic carbocycles. The first kappa shape index (κ1) is 15.2. The summed E-state index contributed by atoms with van der Waals surface area (Å²) in [6.45, 7) is 2.36. The van der Waals surface area contributed by atoms with E-state index in [1.165, 1.54) is 4.90 Å². The number of nitrogens with one attached hydrogen (secondary N) is 1. The van der Waals surface area contributed by atoms with Gasteiger partial charge in [0.2, 0.25) is 0 Å². The van der Waals surface area contributed by atoms with Crippen molar-refractivity contribution in [3.05, 3.63) is 29.8 Å². The van der Waals surface area contributed by atoms with Crippen LogP contribution in [0.25, 0.3) is 0 Å². The van der Waals surface area contributed by atoms with E-state index in [4.69, 9.17) is 5.11 Å². The SMILES string of the molecule is CC1CC(C(=O)O)CN(C(=O)Nc2cc(F)cc(F)c2)C1. The van der Waals surface area contributed by atoms with Gasteiger partial charge in [-0.3, -0.25) is 4.79 Å². The molecular formula is C14H16F2N2O3. The maximum absolute atomic E-state index is 13.1. The zero-order valence-corrected chi connectivity index (χ0v) is 11.5. The number of rotatable bonds is 2. The third-order valence-corrected chi connectivity index (χ3v) is 3.41. The van der Waals surface area contributed by atoms with Crippen LogP contribution in [0.2, 0.25) is 0 Å². The molecule has 1 aromatic rings. The molecule has 114 valence electrons. The molecule has 2 N–H and O–H groups in total. The quantitative estimate of drug-likeness (QED) is 0.881. The lowest BCUT2D eigenvalue weighted by molar-refractivity contribution is -0.143. The predicted octanol–water partition coefficient (Wildman–Crippen LogP) is 2.54. The van der Waals surface area contributed by atoms with Crippen molar-refractivity contribution in [1.29, 1.82) is 0 Å². The number of nitrogens with zero attached hydrogens (tertiary/aromatic N) is 1. The van der Waals surface area contributed by atoms with Crippen molar-refractivity contribution in [2.45, 2.75) is 13.3 Å². The molecule has 1 fully saturated rings. The molecular weight excluding hydrogens is 282 g/mol. The van der Waals surface area contributed by atoms with Gasteiger partial charge in [-0.25, -0.2) is 13.6 Å². The van der Waals surface area contributed by atoms with E-state index in [1.54, 1.807) is 0 Å². The van der Waals surface area contributed by atoms with E-state index >= 15 is 0 Å². The molecule has 0 aliphatic carbocycles. The Kier molecular flexibility index (Phi) is 4.40. The Hall–Kier alpha value is -2.18. The number of hydrogen-bond acceptors (Lipinski definition) is 2. The van der Waals surface area contributed by atoms with Gasteiger partial charge in [-0.2, -0.15) is 0 Å². The largest absolute Gasteiger partial charge is 0.481 e. The zero-order valence-electron chi connectivity index (χ0n) is 11.5. The molecule has 1 saturated heterocycles. The van der Waals surface area contributed by atoms with Gasteiger partial charge in [0.15, 0.2) is 0 Å². The molecule has 0 radical (unpaired) electrons. The Labute approximate surface area is 120 Å². The second-order valence-corrected chi connectivity index (χ2v) is 5.37. The van der Waals surface area contributed by atoms with Gasteiger partial charge in [-0.1, -0.05) is 6.92 Å². The molecule has 2 atom stereocenters. The number of likely N-dealkylation sites (tertiary alicyclic amines) is 1. The molecule has 1 aliphatic rings. The van der Waals surface area contributed by atoms with Crippen molar-refractivity contribution >= 4 is 17.7 Å². The Morgan fingerprint density at radius 3 is 2.43 bits per heavy atom. The molecule has 1 aliphatic heterocycles. The average molecular weight is 298 g/mol. The minimum absolute atomic E-state index is 0.00241. The van der Waals surface area contributed by atoms with Gasteiger partial charge in [0, 0.05) is 24.8 Å². The topological polar surface area (TPSA) is 69.6 Å². The first-order valence-corrected chi connectivity index (χ1v) is 6.60. The first-order chi connectivity index (χ1) is 9.85. The molecule has 0 aromatic heterocycles. The number of carbonyl (C=O) groups is 2. The summed E-state index contributed by atoms with van der Waals surface area (Å²) in [5.74, 6) is -3.10. The van der Waals surface area contributed by atoms with Gasteiger partial charge in [-0.05, 0) is 24.5 Å². The highest BCUT2D eigenvalue weighted by Crippen LogP contribution is 2.23. The Bertz CT molecular complexity index is 545. The Morgan fingerprint density at radius 2 is 1.86 bits per heavy atom. The second-order valence-electron chi connectivity index (χ2n) is 5.37. The molecule has 0 bridgehead atoms. The molecule has 2 rings (SSSR count). The average Bonchev–Trinajstić information content (AvgIpc) is 2.36. The van der Waals surface area contributed by atoms with Crippen molar-refractivity contribution in [2.75, 3.05) is 18.4 Å². The fraction of sp³-hybridized carbons (Fsp3) is 0.429. The maximum atomic E-state index is 13.1. The van der Waals surface area contributed by atoms with Crippen molar-refractivity contribution < 1.29 is 23.5 Å². The number of piperidine rings is 1. The molecule has 5 nitrogen and oxygen atoms in total. The second kappa shape index (κ2) is 6.07. The fourth-order valence-electron chi connectivity index (χ4n) is 2.52. The zero-order chi connectivity index (χ0) is 15.6. The van der Waals surface area contributed by atoms with Gasteiger partial charge < -0.3 is 15.3 Å². The summed E-state index contributed by atoms with van der Waals surface area (Å²) in [4.78, 5) is 24.5. The molecule has 2 amide bonds. The minimum Gasteiger partial charge on any atom is -0.481 e. The van der Waals surface area contributed by atoms with Crippen LogP contribution in [0, 0.1) is 23.5 Å². The van der Waals surface area contributed by atoms with Crippen LogP contribution < -0.4 is 5.32 Å². The van der Waals surface area contributed by atoms with Gasteiger partial charge in [0.1, 0.15) is 11.6 Å². The smallest absolute Gasteiger partial charge is 0.321 e. The molecule has 1 heterocycles. The fourth-order valence-corrected chi connectivity index (χ4v) is 2.52. The number of benzene rings is 1.